The van der Waals surface area contributed by atoms with Crippen molar-refractivity contribution in [2.75, 3.05) is 0 Å². The molecule has 7 heavy (non-hydrogen) atoms. The molecule has 0 aromatic rings. The molecule has 0 fully saturated rings. The van der Waals surface area contributed by atoms with Crippen LogP contribution in [0.15, 0.2) is 0 Å². The van der Waals surface area contributed by atoms with Gasteiger partial charge in [0.05, 0.1) is 0 Å². The van der Waals surface area contributed by atoms with Crippen molar-refractivity contribution >= 4 is 56.7 Å². The van der Waals surface area contributed by atoms with E-state index in [0.717, 1.165) is 0 Å². The van der Waals surface area contributed by atoms with Crippen LogP contribution < -0.4 is 0 Å². The molecule has 0 aliphatic heterocycles. The van der Waals surface area contributed by atoms with E-state index in [4.69, 9.17) is 19.2 Å². The van der Waals surface area contributed by atoms with Gasteiger partial charge in [0.1, 0.15) is 0 Å². The van der Waals surface area contributed by atoms with Crippen molar-refractivity contribution in [1.82, 2.24) is 0 Å². The maximum atomic E-state index is 8.88. The Morgan fingerprint density at radius 2 is 1.14 bits per heavy atom. The van der Waals surface area contributed by atoms with E-state index >= 15 is 0 Å². The first-order chi connectivity index (χ1) is 2.00. The smallest absolute Gasteiger partial charge is 0 e. The van der Waals surface area contributed by atoms with Gasteiger partial charge < -0.3 is 14.7 Å². The molecule has 3 N–H and O–H groups in total. The molecule has 0 aliphatic carbocycles. The SMILES string of the molecule is O=P(O)(O)O.[BaH2].[Fe]. The molecule has 0 saturated heterocycles. The molecule has 0 amide bonds. The van der Waals surface area contributed by atoms with Crippen molar-refractivity contribution in [3.05, 3.63) is 0 Å². The van der Waals surface area contributed by atoms with Crippen LogP contribution in [0.3, 0.4) is 0 Å². The van der Waals surface area contributed by atoms with Crippen LogP contribution in [0, 0.1) is 0 Å². The van der Waals surface area contributed by atoms with Crippen LogP contribution >= 0.6 is 7.82 Å². The molecule has 0 rings (SSSR count). The average molecular weight is 293 g/mol. The molecule has 0 aromatic heterocycles. The Morgan fingerprint density at radius 1 is 1.14 bits per heavy atom. The first kappa shape index (κ1) is 16.1. The number of rotatable bonds is 0. The number of phosphoric acid groups is 1. The van der Waals surface area contributed by atoms with Crippen LogP contribution in [0.25, 0.3) is 0 Å². The zero-order valence-corrected chi connectivity index (χ0v) is 4.55. The minimum atomic E-state index is -4.64. The average Bonchev–Trinajstić information content (AvgIpc) is 0.722. The summed E-state index contributed by atoms with van der Waals surface area (Å²) in [5.41, 5.74) is 0. The van der Waals surface area contributed by atoms with Crippen molar-refractivity contribution in [3.8, 4) is 0 Å². The Morgan fingerprint density at radius 3 is 1.14 bits per heavy atom. The van der Waals surface area contributed by atoms with Gasteiger partial charge in [-0.15, -0.1) is 0 Å². The largest absolute Gasteiger partial charge is 0 e. The summed E-state index contributed by atoms with van der Waals surface area (Å²) in [6.45, 7) is 0. The number of hydrogen-bond acceptors (Lipinski definition) is 1. The van der Waals surface area contributed by atoms with Crippen LogP contribution in [-0.4, -0.2) is 63.6 Å². The van der Waals surface area contributed by atoms with Gasteiger partial charge >= 0.3 is 56.7 Å². The maximum absolute atomic E-state index is 8.88. The van der Waals surface area contributed by atoms with Gasteiger partial charge in [0.2, 0.25) is 0 Å². The van der Waals surface area contributed by atoms with Crippen molar-refractivity contribution in [3.63, 3.8) is 0 Å². The topological polar surface area (TPSA) is 77.8 Å². The minimum Gasteiger partial charge on any atom is 0 e. The summed E-state index contributed by atoms with van der Waals surface area (Å²) < 4.78 is 8.88. The molecular formula is H5BaFeO4P. The first-order valence-corrected chi connectivity index (χ1v) is 2.35. The molecule has 0 aliphatic rings. The summed E-state index contributed by atoms with van der Waals surface area (Å²) in [7, 11) is -4.64. The van der Waals surface area contributed by atoms with Crippen molar-refractivity contribution in [2.24, 2.45) is 0 Å². The van der Waals surface area contributed by atoms with Gasteiger partial charge in [0.25, 0.3) is 0 Å². The van der Waals surface area contributed by atoms with Crippen LogP contribution in [0.4, 0.5) is 0 Å². The second-order valence-corrected chi connectivity index (χ2v) is 1.54. The fourth-order valence-electron chi connectivity index (χ4n) is 0. The molecule has 0 saturated carbocycles. The minimum absolute atomic E-state index is 0. The summed E-state index contributed by atoms with van der Waals surface area (Å²) in [6, 6.07) is 0. The van der Waals surface area contributed by atoms with Gasteiger partial charge in [-0.25, -0.2) is 4.57 Å². The maximum Gasteiger partial charge on any atom is 0 e. The van der Waals surface area contributed by atoms with Crippen LogP contribution in [0.5, 0.6) is 0 Å². The van der Waals surface area contributed by atoms with Gasteiger partial charge in [-0.05, 0) is 0 Å². The third-order valence-electron chi connectivity index (χ3n) is 0. The van der Waals surface area contributed by atoms with Crippen LogP contribution in [-0.2, 0) is 21.6 Å². The van der Waals surface area contributed by atoms with Gasteiger partial charge in [0.15, 0.2) is 0 Å². The first-order valence-electron chi connectivity index (χ1n) is 0.783. The second-order valence-electron chi connectivity index (χ2n) is 0.513. The van der Waals surface area contributed by atoms with Crippen LogP contribution in [0.1, 0.15) is 0 Å². The molecule has 0 aromatic carbocycles. The predicted octanol–water partition coefficient (Wildman–Crippen LogP) is -1.85. The fraction of sp³-hybridized carbons (Fsp3) is 0. The zero-order valence-electron chi connectivity index (χ0n) is 2.55. The molecule has 7 heteroatoms. The third kappa shape index (κ3) is 65.1. The zero-order chi connectivity index (χ0) is 4.50. The standard InChI is InChI=1S/Ba.Fe.H3O4P.2H/c;;1-5(2,3)4;;/h;;(H3,1,2,3,4);;. The van der Waals surface area contributed by atoms with E-state index in [1.165, 1.54) is 0 Å². The molecular weight excluding hydrogens is 288 g/mol. The normalized spacial score (nSPS) is 8.43. The van der Waals surface area contributed by atoms with Crippen LogP contribution in [0.2, 0.25) is 0 Å². The van der Waals surface area contributed by atoms with Crippen molar-refractivity contribution < 1.29 is 36.3 Å². The Balaban J connectivity index is -0.0000000800. The summed E-state index contributed by atoms with van der Waals surface area (Å²) in [5, 5.41) is 0. The Hall–Kier alpha value is 2.20. The Labute approximate surface area is 91.5 Å². The molecule has 0 bridgehead atoms. The monoisotopic (exact) mass is 294 g/mol. The molecule has 4 nitrogen and oxygen atoms in total. The predicted molar refractivity (Wildman–Crippen MR) is 22.8 cm³/mol. The van der Waals surface area contributed by atoms with E-state index in [-0.39, 0.29) is 65.9 Å². The quantitative estimate of drug-likeness (QED) is 0.362. The molecule has 0 atom stereocenters. The van der Waals surface area contributed by atoms with E-state index in [9.17, 15) is 0 Å². The number of hydrogen-bond donors (Lipinski definition) is 3. The Kier molecular flexibility index (Phi) is 14.5. The summed E-state index contributed by atoms with van der Waals surface area (Å²) >= 11 is 0. The van der Waals surface area contributed by atoms with Gasteiger partial charge in [-0.2, -0.15) is 0 Å². The molecule has 44 valence electrons. The molecule has 0 spiro atoms. The summed E-state index contributed by atoms with van der Waals surface area (Å²) in [6.07, 6.45) is 0. The molecule has 0 unspecified atom stereocenters. The molecule has 0 radical (unpaired) electrons. The van der Waals surface area contributed by atoms with E-state index < -0.39 is 7.82 Å². The van der Waals surface area contributed by atoms with Gasteiger partial charge in [0, 0.05) is 17.1 Å². The molecule has 0 heterocycles. The summed E-state index contributed by atoms with van der Waals surface area (Å²) in [4.78, 5) is 21.6. The summed E-state index contributed by atoms with van der Waals surface area (Å²) in [5.74, 6) is 0. The van der Waals surface area contributed by atoms with E-state index in [2.05, 4.69) is 0 Å². The third-order valence-corrected chi connectivity index (χ3v) is 0. The van der Waals surface area contributed by atoms with E-state index in [1.807, 2.05) is 0 Å². The second kappa shape index (κ2) is 6.32. The van der Waals surface area contributed by atoms with Crippen molar-refractivity contribution in [1.29, 1.82) is 0 Å². The van der Waals surface area contributed by atoms with Gasteiger partial charge in [-0.1, -0.05) is 0 Å². The van der Waals surface area contributed by atoms with Crippen molar-refractivity contribution in [2.45, 2.75) is 0 Å². The van der Waals surface area contributed by atoms with E-state index in [0.29, 0.717) is 0 Å². The fourth-order valence-corrected chi connectivity index (χ4v) is 0. The van der Waals surface area contributed by atoms with Gasteiger partial charge in [-0.3, -0.25) is 0 Å². The van der Waals surface area contributed by atoms with E-state index in [1.54, 1.807) is 0 Å². The Bertz CT molecular complexity index is 57.8.